The molecule has 0 spiro atoms. The van der Waals surface area contributed by atoms with Gasteiger partial charge in [-0.25, -0.2) is 0 Å². The van der Waals surface area contributed by atoms with Gasteiger partial charge in [0.25, 0.3) is 0 Å². The zero-order chi connectivity index (χ0) is 13.9. The molecule has 2 aromatic rings. The van der Waals surface area contributed by atoms with Gasteiger partial charge in [-0.05, 0) is 37.2 Å². The summed E-state index contributed by atoms with van der Waals surface area (Å²) in [4.78, 5) is 7.28. The highest BCUT2D eigenvalue weighted by Crippen LogP contribution is 2.27. The molecule has 0 atom stereocenters. The Balaban J connectivity index is 2.08. The fraction of sp³-hybridized carbons (Fsp3) is 0.471. The molecule has 0 aliphatic carbocycles. The second-order valence-corrected chi connectivity index (χ2v) is 5.70. The van der Waals surface area contributed by atoms with Crippen LogP contribution in [-0.2, 0) is 19.5 Å². The zero-order valence-corrected chi connectivity index (χ0v) is 12.4. The molecule has 0 bridgehead atoms. The summed E-state index contributed by atoms with van der Waals surface area (Å²) < 4.78 is 0. The summed E-state index contributed by atoms with van der Waals surface area (Å²) in [6.45, 7) is 6.37. The van der Waals surface area contributed by atoms with Crippen LogP contribution in [0.2, 0.25) is 0 Å². The van der Waals surface area contributed by atoms with E-state index in [-0.39, 0.29) is 0 Å². The zero-order valence-electron chi connectivity index (χ0n) is 12.4. The summed E-state index contributed by atoms with van der Waals surface area (Å²) >= 11 is 0. The third kappa shape index (κ3) is 2.56. The predicted octanol–water partition coefficient (Wildman–Crippen LogP) is 2.72. The Hall–Kier alpha value is -1.45. The molecule has 2 heterocycles. The van der Waals surface area contributed by atoms with Crippen molar-refractivity contribution in [1.29, 1.82) is 0 Å². The van der Waals surface area contributed by atoms with E-state index in [2.05, 4.69) is 48.5 Å². The average Bonchev–Trinajstić information content (AvgIpc) is 2.47. The SMILES string of the molecule is CCCNCc1c2c(nc3ccccc13)CCN(C)C2. The number of fused-ring (bicyclic) bond motifs is 2. The Morgan fingerprint density at radius 2 is 2.15 bits per heavy atom. The number of hydrogen-bond acceptors (Lipinski definition) is 3. The van der Waals surface area contributed by atoms with Crippen molar-refractivity contribution >= 4 is 10.9 Å². The summed E-state index contributed by atoms with van der Waals surface area (Å²) in [7, 11) is 2.20. The molecule has 1 aromatic heterocycles. The summed E-state index contributed by atoms with van der Waals surface area (Å²) in [6, 6.07) is 8.55. The fourth-order valence-electron chi connectivity index (χ4n) is 3.01. The lowest BCUT2D eigenvalue weighted by Crippen LogP contribution is -2.29. The molecular formula is C17H23N3. The highest BCUT2D eigenvalue weighted by atomic mass is 15.1. The Labute approximate surface area is 121 Å². The van der Waals surface area contributed by atoms with Gasteiger partial charge in [-0.15, -0.1) is 0 Å². The molecule has 0 amide bonds. The van der Waals surface area contributed by atoms with E-state index in [1.165, 1.54) is 28.6 Å². The van der Waals surface area contributed by atoms with Crippen molar-refractivity contribution in [3.63, 3.8) is 0 Å². The number of nitrogens with zero attached hydrogens (tertiary/aromatic N) is 2. The number of para-hydroxylation sites is 1. The van der Waals surface area contributed by atoms with Crippen LogP contribution in [0.15, 0.2) is 24.3 Å². The van der Waals surface area contributed by atoms with Gasteiger partial charge < -0.3 is 10.2 Å². The van der Waals surface area contributed by atoms with Gasteiger partial charge in [0.05, 0.1) is 5.52 Å². The van der Waals surface area contributed by atoms with Gasteiger partial charge in [0.1, 0.15) is 0 Å². The number of nitrogens with one attached hydrogen (secondary N) is 1. The van der Waals surface area contributed by atoms with Crippen LogP contribution in [0.5, 0.6) is 0 Å². The fourth-order valence-corrected chi connectivity index (χ4v) is 3.01. The first-order valence-electron chi connectivity index (χ1n) is 7.58. The van der Waals surface area contributed by atoms with Gasteiger partial charge in [-0.2, -0.15) is 0 Å². The largest absolute Gasteiger partial charge is 0.313 e. The summed E-state index contributed by atoms with van der Waals surface area (Å²) in [5.41, 5.74) is 5.34. The normalized spacial score (nSPS) is 15.5. The standard InChI is InChI=1S/C17H23N3/c1-3-9-18-11-14-13-6-4-5-7-16(13)19-17-8-10-20(2)12-15(14)17/h4-7,18H,3,8-12H2,1-2H3. The first kappa shape index (κ1) is 13.5. The summed E-state index contributed by atoms with van der Waals surface area (Å²) in [6.07, 6.45) is 2.24. The predicted molar refractivity (Wildman–Crippen MR) is 83.8 cm³/mol. The van der Waals surface area contributed by atoms with Crippen molar-refractivity contribution in [2.45, 2.75) is 32.9 Å². The molecule has 0 fully saturated rings. The van der Waals surface area contributed by atoms with E-state index in [9.17, 15) is 0 Å². The molecule has 0 radical (unpaired) electrons. The third-order valence-corrected chi connectivity index (χ3v) is 4.08. The molecule has 1 aromatic carbocycles. The lowest BCUT2D eigenvalue weighted by molar-refractivity contribution is 0.308. The monoisotopic (exact) mass is 269 g/mol. The first-order chi connectivity index (χ1) is 9.79. The van der Waals surface area contributed by atoms with Crippen LogP contribution in [0, 0.1) is 0 Å². The van der Waals surface area contributed by atoms with E-state index in [4.69, 9.17) is 4.98 Å². The number of pyridine rings is 1. The van der Waals surface area contributed by atoms with E-state index in [0.29, 0.717) is 0 Å². The Morgan fingerprint density at radius 3 is 3.00 bits per heavy atom. The second-order valence-electron chi connectivity index (χ2n) is 5.70. The van der Waals surface area contributed by atoms with Crippen LogP contribution < -0.4 is 5.32 Å². The highest BCUT2D eigenvalue weighted by molar-refractivity contribution is 5.83. The Kier molecular flexibility index (Phi) is 3.99. The summed E-state index contributed by atoms with van der Waals surface area (Å²) in [5.74, 6) is 0. The number of aromatic nitrogens is 1. The van der Waals surface area contributed by atoms with Gasteiger partial charge in [-0.1, -0.05) is 25.1 Å². The highest BCUT2D eigenvalue weighted by Gasteiger charge is 2.20. The Morgan fingerprint density at radius 1 is 1.30 bits per heavy atom. The van der Waals surface area contributed by atoms with Crippen LogP contribution in [-0.4, -0.2) is 30.0 Å². The molecule has 3 heteroatoms. The maximum absolute atomic E-state index is 4.88. The number of rotatable bonds is 4. The van der Waals surface area contributed by atoms with E-state index in [1.54, 1.807) is 0 Å². The van der Waals surface area contributed by atoms with E-state index < -0.39 is 0 Å². The van der Waals surface area contributed by atoms with Crippen LogP contribution in [0.1, 0.15) is 30.2 Å². The smallest absolute Gasteiger partial charge is 0.0708 e. The topological polar surface area (TPSA) is 28.2 Å². The minimum absolute atomic E-state index is 0.951. The number of likely N-dealkylation sites (N-methyl/N-ethyl adjacent to an activating group) is 1. The van der Waals surface area contributed by atoms with E-state index in [1.807, 2.05) is 0 Å². The maximum atomic E-state index is 4.88. The van der Waals surface area contributed by atoms with Gasteiger partial charge in [0.15, 0.2) is 0 Å². The first-order valence-corrected chi connectivity index (χ1v) is 7.58. The molecule has 0 saturated carbocycles. The van der Waals surface area contributed by atoms with Crippen molar-refractivity contribution in [3.05, 3.63) is 41.1 Å². The quantitative estimate of drug-likeness (QED) is 0.865. The average molecular weight is 269 g/mol. The van der Waals surface area contributed by atoms with Crippen LogP contribution >= 0.6 is 0 Å². The minimum atomic E-state index is 0.951. The Bertz CT molecular complexity index is 606. The van der Waals surface area contributed by atoms with Gasteiger partial charge >= 0.3 is 0 Å². The van der Waals surface area contributed by atoms with Gasteiger partial charge in [0.2, 0.25) is 0 Å². The number of hydrogen-bond donors (Lipinski definition) is 1. The van der Waals surface area contributed by atoms with Crippen molar-refractivity contribution in [2.24, 2.45) is 0 Å². The molecule has 3 rings (SSSR count). The molecule has 0 unspecified atom stereocenters. The molecular weight excluding hydrogens is 246 g/mol. The van der Waals surface area contributed by atoms with Crippen molar-refractivity contribution in [2.75, 3.05) is 20.1 Å². The lowest BCUT2D eigenvalue weighted by atomic mass is 9.96. The third-order valence-electron chi connectivity index (χ3n) is 4.08. The van der Waals surface area contributed by atoms with Crippen LogP contribution in [0.3, 0.4) is 0 Å². The van der Waals surface area contributed by atoms with Crippen LogP contribution in [0.4, 0.5) is 0 Å². The van der Waals surface area contributed by atoms with Gasteiger partial charge in [-0.3, -0.25) is 4.98 Å². The van der Waals surface area contributed by atoms with Crippen molar-refractivity contribution in [3.8, 4) is 0 Å². The number of benzene rings is 1. The second kappa shape index (κ2) is 5.90. The minimum Gasteiger partial charge on any atom is -0.313 e. The molecule has 20 heavy (non-hydrogen) atoms. The molecule has 106 valence electrons. The summed E-state index contributed by atoms with van der Waals surface area (Å²) in [5, 5.41) is 4.87. The molecule has 1 N–H and O–H groups in total. The molecule has 3 nitrogen and oxygen atoms in total. The molecule has 0 saturated heterocycles. The van der Waals surface area contributed by atoms with Gasteiger partial charge in [0, 0.05) is 37.1 Å². The van der Waals surface area contributed by atoms with Crippen LogP contribution in [0.25, 0.3) is 10.9 Å². The maximum Gasteiger partial charge on any atom is 0.0708 e. The van der Waals surface area contributed by atoms with E-state index in [0.717, 1.165) is 38.1 Å². The van der Waals surface area contributed by atoms with E-state index >= 15 is 0 Å². The molecule has 1 aliphatic heterocycles. The van der Waals surface area contributed by atoms with Crippen molar-refractivity contribution < 1.29 is 0 Å². The molecule has 1 aliphatic rings. The van der Waals surface area contributed by atoms with Crippen molar-refractivity contribution in [1.82, 2.24) is 15.2 Å². The lowest BCUT2D eigenvalue weighted by Gasteiger charge is -2.27.